The lowest BCUT2D eigenvalue weighted by Crippen LogP contribution is -2.06. The minimum absolute atomic E-state index is 0.191. The molecule has 2 aromatic rings. The van der Waals surface area contributed by atoms with Crippen LogP contribution in [0.25, 0.3) is 0 Å². The van der Waals surface area contributed by atoms with Crippen molar-refractivity contribution in [2.24, 2.45) is 0 Å². The third kappa shape index (κ3) is 2.97. The topological polar surface area (TPSA) is 17.1 Å². The number of ketones is 1. The normalized spacial score (nSPS) is 10.7. The molecule has 104 valence electrons. The van der Waals surface area contributed by atoms with Crippen molar-refractivity contribution in [3.8, 4) is 0 Å². The highest BCUT2D eigenvalue weighted by Crippen LogP contribution is 2.26. The number of Topliss-reactive ketones (excluding diaryl/α,β-unsaturated/α-hetero) is 1. The number of halogens is 5. The summed E-state index contributed by atoms with van der Waals surface area (Å²) in [7, 11) is 0. The fourth-order valence-electron chi connectivity index (χ4n) is 1.68. The molecule has 0 amide bonds. The fourth-order valence-corrected chi connectivity index (χ4v) is 2.06. The smallest absolute Gasteiger partial charge is 0.194 e. The Morgan fingerprint density at radius 3 is 2.25 bits per heavy atom. The van der Waals surface area contributed by atoms with Gasteiger partial charge in [0.1, 0.15) is 0 Å². The first-order valence-corrected chi connectivity index (χ1v) is 6.26. The van der Waals surface area contributed by atoms with Crippen LogP contribution in [0.1, 0.15) is 15.9 Å². The van der Waals surface area contributed by atoms with Crippen LogP contribution < -0.4 is 0 Å². The molecule has 0 aromatic heterocycles. The highest BCUT2D eigenvalue weighted by molar-refractivity contribution is 6.42. The predicted molar refractivity (Wildman–Crippen MR) is 70.8 cm³/mol. The van der Waals surface area contributed by atoms with Crippen LogP contribution in [0.15, 0.2) is 30.3 Å². The molecule has 0 aliphatic rings. The average molecular weight is 319 g/mol. The summed E-state index contributed by atoms with van der Waals surface area (Å²) in [5.74, 6) is -5.02. The number of hydrogen-bond donors (Lipinski definition) is 0. The maximum absolute atomic E-state index is 13.1. The van der Waals surface area contributed by atoms with Crippen LogP contribution in [-0.4, -0.2) is 5.78 Å². The van der Waals surface area contributed by atoms with E-state index in [4.69, 9.17) is 23.2 Å². The van der Waals surface area contributed by atoms with Gasteiger partial charge in [-0.15, -0.1) is 0 Å². The highest BCUT2D eigenvalue weighted by atomic mass is 35.5. The first-order chi connectivity index (χ1) is 9.40. The van der Waals surface area contributed by atoms with Crippen LogP contribution in [0.4, 0.5) is 13.2 Å². The first kappa shape index (κ1) is 14.9. The van der Waals surface area contributed by atoms with Crippen LogP contribution >= 0.6 is 23.2 Å². The third-order valence-corrected chi connectivity index (χ3v) is 3.55. The number of benzene rings is 2. The van der Waals surface area contributed by atoms with Crippen LogP contribution in [0.3, 0.4) is 0 Å². The molecule has 0 saturated carbocycles. The largest absolute Gasteiger partial charge is 0.294 e. The van der Waals surface area contributed by atoms with Crippen LogP contribution in [0.2, 0.25) is 10.0 Å². The van der Waals surface area contributed by atoms with Gasteiger partial charge in [-0.25, -0.2) is 13.2 Å². The van der Waals surface area contributed by atoms with Gasteiger partial charge in [0.05, 0.1) is 10.0 Å². The van der Waals surface area contributed by atoms with Crippen molar-refractivity contribution >= 4 is 29.0 Å². The molecule has 0 spiro atoms. The molecule has 2 rings (SSSR count). The van der Waals surface area contributed by atoms with Gasteiger partial charge in [0.15, 0.2) is 23.2 Å². The van der Waals surface area contributed by atoms with E-state index in [1.165, 1.54) is 0 Å². The second-order valence-electron chi connectivity index (χ2n) is 4.07. The predicted octanol–water partition coefficient (Wildman–Crippen LogP) is 4.84. The van der Waals surface area contributed by atoms with E-state index in [1.54, 1.807) is 18.2 Å². The molecule has 1 nitrogen and oxygen atoms in total. The number of carbonyl (C=O) groups is 1. The van der Waals surface area contributed by atoms with Gasteiger partial charge in [0.2, 0.25) is 0 Å². The van der Waals surface area contributed by atoms with Gasteiger partial charge in [-0.3, -0.25) is 4.79 Å². The summed E-state index contributed by atoms with van der Waals surface area (Å²) in [4.78, 5) is 11.9. The molecular weight excluding hydrogens is 312 g/mol. The highest BCUT2D eigenvalue weighted by Gasteiger charge is 2.16. The molecule has 0 fully saturated rings. The molecule has 0 saturated heterocycles. The molecule has 0 aliphatic heterocycles. The fraction of sp³-hybridized carbons (Fsp3) is 0.0714. The zero-order valence-electron chi connectivity index (χ0n) is 9.89. The summed E-state index contributed by atoms with van der Waals surface area (Å²) < 4.78 is 39.0. The van der Waals surface area contributed by atoms with Crippen LogP contribution in [-0.2, 0) is 6.42 Å². The first-order valence-electron chi connectivity index (χ1n) is 5.50. The molecule has 6 heteroatoms. The molecular formula is C14H7Cl2F3O. The third-order valence-electron chi connectivity index (χ3n) is 2.69. The lowest BCUT2D eigenvalue weighted by Gasteiger charge is -2.06. The van der Waals surface area contributed by atoms with Crippen LogP contribution in [0.5, 0.6) is 0 Å². The Kier molecular flexibility index (Phi) is 4.35. The van der Waals surface area contributed by atoms with E-state index in [2.05, 4.69) is 0 Å². The summed E-state index contributed by atoms with van der Waals surface area (Å²) in [6.07, 6.45) is -0.191. The van der Waals surface area contributed by atoms with E-state index in [1.807, 2.05) is 0 Å². The molecule has 0 atom stereocenters. The van der Waals surface area contributed by atoms with Gasteiger partial charge in [0, 0.05) is 12.0 Å². The molecule has 20 heavy (non-hydrogen) atoms. The van der Waals surface area contributed by atoms with Gasteiger partial charge in [-0.1, -0.05) is 35.3 Å². The van der Waals surface area contributed by atoms with Gasteiger partial charge >= 0.3 is 0 Å². The van der Waals surface area contributed by atoms with E-state index in [0.717, 1.165) is 0 Å². The minimum Gasteiger partial charge on any atom is -0.294 e. The second kappa shape index (κ2) is 5.85. The van der Waals surface area contributed by atoms with Gasteiger partial charge in [-0.05, 0) is 23.8 Å². The van der Waals surface area contributed by atoms with Crippen molar-refractivity contribution in [3.05, 3.63) is 69.0 Å². The average Bonchev–Trinajstić information content (AvgIpc) is 2.40. The quantitative estimate of drug-likeness (QED) is 0.585. The van der Waals surface area contributed by atoms with E-state index in [9.17, 15) is 18.0 Å². The van der Waals surface area contributed by atoms with Gasteiger partial charge in [0.25, 0.3) is 0 Å². The van der Waals surface area contributed by atoms with Crippen LogP contribution in [0, 0.1) is 17.5 Å². The Morgan fingerprint density at radius 1 is 1.05 bits per heavy atom. The van der Waals surface area contributed by atoms with E-state index in [0.29, 0.717) is 17.7 Å². The number of rotatable bonds is 3. The van der Waals surface area contributed by atoms with Crippen molar-refractivity contribution in [3.63, 3.8) is 0 Å². The molecule has 0 bridgehead atoms. The standard InChI is InChI=1S/C14H7Cl2F3O/c15-9-3-1-2-7(13(9)16)6-12(20)8-4-10(17)14(19)11(18)5-8/h1-5H,6H2. The monoisotopic (exact) mass is 318 g/mol. The SMILES string of the molecule is O=C(Cc1cccc(Cl)c1Cl)c1cc(F)c(F)c(F)c1. The summed E-state index contributed by atoms with van der Waals surface area (Å²) in [5, 5.41) is 0.471. The van der Waals surface area contributed by atoms with Gasteiger partial charge in [-0.2, -0.15) is 0 Å². The van der Waals surface area contributed by atoms with E-state index < -0.39 is 23.2 Å². The van der Waals surface area contributed by atoms with Crippen molar-refractivity contribution in [2.75, 3.05) is 0 Å². The van der Waals surface area contributed by atoms with Crippen molar-refractivity contribution in [1.29, 1.82) is 0 Å². The van der Waals surface area contributed by atoms with Crippen molar-refractivity contribution < 1.29 is 18.0 Å². The number of hydrogen-bond acceptors (Lipinski definition) is 1. The summed E-state index contributed by atoms with van der Waals surface area (Å²) in [5.41, 5.74) is 0.159. The summed E-state index contributed by atoms with van der Waals surface area (Å²) in [6.45, 7) is 0. The zero-order valence-corrected chi connectivity index (χ0v) is 11.4. The Balaban J connectivity index is 2.31. The molecule has 0 heterocycles. The maximum Gasteiger partial charge on any atom is 0.194 e. The lowest BCUT2D eigenvalue weighted by atomic mass is 10.0. The molecule has 0 radical (unpaired) electrons. The maximum atomic E-state index is 13.1. The number of carbonyl (C=O) groups excluding carboxylic acids is 1. The molecule has 0 unspecified atom stereocenters. The lowest BCUT2D eigenvalue weighted by molar-refractivity contribution is 0.0992. The Bertz CT molecular complexity index is 663. The summed E-state index contributed by atoms with van der Waals surface area (Å²) in [6, 6.07) is 6.03. The van der Waals surface area contributed by atoms with Crippen molar-refractivity contribution in [1.82, 2.24) is 0 Å². The van der Waals surface area contributed by atoms with E-state index >= 15 is 0 Å². The Hall–Kier alpha value is -1.52. The molecule has 0 N–H and O–H groups in total. The second-order valence-corrected chi connectivity index (χ2v) is 4.85. The minimum atomic E-state index is -1.61. The van der Waals surface area contributed by atoms with E-state index in [-0.39, 0.29) is 22.0 Å². The summed E-state index contributed by atoms with van der Waals surface area (Å²) >= 11 is 11.7. The molecule has 0 aliphatic carbocycles. The van der Waals surface area contributed by atoms with Crippen molar-refractivity contribution in [2.45, 2.75) is 6.42 Å². The van der Waals surface area contributed by atoms with Gasteiger partial charge < -0.3 is 0 Å². The zero-order chi connectivity index (χ0) is 14.9. The Labute approximate surface area is 122 Å². The Morgan fingerprint density at radius 2 is 1.65 bits per heavy atom. The molecule has 2 aromatic carbocycles.